The molecule has 0 saturated carbocycles. The molecule has 0 bridgehead atoms. The van der Waals surface area contributed by atoms with Crippen molar-refractivity contribution >= 4 is 17.3 Å². The second-order valence-electron chi connectivity index (χ2n) is 4.90. The topological polar surface area (TPSA) is 41.6 Å². The lowest BCUT2D eigenvalue weighted by molar-refractivity contribution is 0.102. The number of anilines is 2. The Morgan fingerprint density at radius 1 is 1.00 bits per heavy atom. The largest absolute Gasteiger partial charge is 0.497 e. The zero-order chi connectivity index (χ0) is 15.9. The summed E-state index contributed by atoms with van der Waals surface area (Å²) in [6.07, 6.45) is 0. The molecular weight excluding hydrogens is 276 g/mol. The Morgan fingerprint density at radius 3 is 2.09 bits per heavy atom. The smallest absolute Gasteiger partial charge is 0.255 e. The molecule has 1 N–H and O–H groups in total. The number of hydrogen-bond donors (Lipinski definition) is 1. The van der Waals surface area contributed by atoms with Gasteiger partial charge >= 0.3 is 0 Å². The lowest BCUT2D eigenvalue weighted by Crippen LogP contribution is -2.21. The van der Waals surface area contributed by atoms with Crippen LogP contribution in [0, 0.1) is 0 Å². The van der Waals surface area contributed by atoms with Crippen LogP contribution in [0.5, 0.6) is 5.75 Å². The van der Waals surface area contributed by atoms with Crippen molar-refractivity contribution in [1.29, 1.82) is 0 Å². The monoisotopic (exact) mass is 298 g/mol. The number of carbonyl (C=O) groups excluding carboxylic acids is 1. The van der Waals surface area contributed by atoms with Crippen molar-refractivity contribution in [2.45, 2.75) is 13.8 Å². The van der Waals surface area contributed by atoms with Gasteiger partial charge in [0.2, 0.25) is 0 Å². The van der Waals surface area contributed by atoms with Crippen LogP contribution in [-0.4, -0.2) is 26.1 Å². The molecule has 0 aliphatic heterocycles. The minimum Gasteiger partial charge on any atom is -0.497 e. The van der Waals surface area contributed by atoms with Crippen molar-refractivity contribution < 1.29 is 9.53 Å². The Morgan fingerprint density at radius 2 is 1.59 bits per heavy atom. The van der Waals surface area contributed by atoms with E-state index in [1.165, 1.54) is 0 Å². The summed E-state index contributed by atoms with van der Waals surface area (Å²) in [5.74, 6) is 0.651. The van der Waals surface area contributed by atoms with Gasteiger partial charge in [0.25, 0.3) is 5.91 Å². The molecule has 0 aliphatic rings. The van der Waals surface area contributed by atoms with E-state index in [4.69, 9.17) is 4.74 Å². The van der Waals surface area contributed by atoms with E-state index in [-0.39, 0.29) is 5.91 Å². The van der Waals surface area contributed by atoms with Gasteiger partial charge < -0.3 is 15.0 Å². The first-order valence-electron chi connectivity index (χ1n) is 7.48. The molecule has 0 atom stereocenters. The van der Waals surface area contributed by atoms with Crippen LogP contribution >= 0.6 is 0 Å². The Hall–Kier alpha value is -2.49. The van der Waals surface area contributed by atoms with Gasteiger partial charge in [-0.05, 0) is 62.4 Å². The van der Waals surface area contributed by atoms with Gasteiger partial charge in [-0.25, -0.2) is 0 Å². The van der Waals surface area contributed by atoms with Crippen molar-refractivity contribution in [2.24, 2.45) is 0 Å². The van der Waals surface area contributed by atoms with Gasteiger partial charge in [-0.1, -0.05) is 0 Å². The van der Waals surface area contributed by atoms with Crippen LogP contribution in [0.15, 0.2) is 48.5 Å². The summed E-state index contributed by atoms with van der Waals surface area (Å²) >= 11 is 0. The summed E-state index contributed by atoms with van der Waals surface area (Å²) < 4.78 is 5.10. The zero-order valence-corrected chi connectivity index (χ0v) is 13.3. The van der Waals surface area contributed by atoms with E-state index in [0.717, 1.165) is 30.2 Å². The highest BCUT2D eigenvalue weighted by Gasteiger charge is 2.07. The fourth-order valence-electron chi connectivity index (χ4n) is 2.29. The van der Waals surface area contributed by atoms with Gasteiger partial charge in [0.15, 0.2) is 0 Å². The number of nitrogens with one attached hydrogen (secondary N) is 1. The van der Waals surface area contributed by atoms with Gasteiger partial charge in [-0.3, -0.25) is 4.79 Å². The van der Waals surface area contributed by atoms with E-state index >= 15 is 0 Å². The third-order valence-electron chi connectivity index (χ3n) is 3.61. The van der Waals surface area contributed by atoms with Crippen molar-refractivity contribution in [2.75, 3.05) is 30.4 Å². The molecule has 2 aromatic carbocycles. The van der Waals surface area contributed by atoms with E-state index in [0.29, 0.717) is 5.56 Å². The number of benzene rings is 2. The lowest BCUT2D eigenvalue weighted by Gasteiger charge is -2.21. The standard InChI is InChI=1S/C18H22N2O2/c1-4-20(5-2)16-10-6-14(7-11-16)18(21)19-15-8-12-17(22-3)13-9-15/h6-13H,4-5H2,1-3H3,(H,19,21). The quantitative estimate of drug-likeness (QED) is 0.882. The number of carbonyl (C=O) groups is 1. The second-order valence-corrected chi connectivity index (χ2v) is 4.90. The van der Waals surface area contributed by atoms with Crippen molar-refractivity contribution in [3.05, 3.63) is 54.1 Å². The molecule has 22 heavy (non-hydrogen) atoms. The third-order valence-corrected chi connectivity index (χ3v) is 3.61. The minimum absolute atomic E-state index is 0.115. The molecule has 0 saturated heterocycles. The SMILES string of the molecule is CCN(CC)c1ccc(C(=O)Nc2ccc(OC)cc2)cc1. The Labute approximate surface area is 131 Å². The molecule has 0 heterocycles. The van der Waals surface area contributed by atoms with Crippen LogP contribution in [-0.2, 0) is 0 Å². The first kappa shape index (κ1) is 15.9. The molecule has 1 amide bonds. The van der Waals surface area contributed by atoms with E-state index in [1.54, 1.807) is 7.11 Å². The molecule has 0 unspecified atom stereocenters. The molecule has 4 heteroatoms. The molecule has 0 aliphatic carbocycles. The minimum atomic E-state index is -0.115. The Balaban J connectivity index is 2.05. The van der Waals surface area contributed by atoms with Crippen LogP contribution in [0.4, 0.5) is 11.4 Å². The van der Waals surface area contributed by atoms with Gasteiger partial charge in [-0.15, -0.1) is 0 Å². The maximum absolute atomic E-state index is 12.2. The van der Waals surface area contributed by atoms with Gasteiger partial charge in [-0.2, -0.15) is 0 Å². The first-order chi connectivity index (χ1) is 10.7. The molecule has 2 aromatic rings. The van der Waals surface area contributed by atoms with Crippen molar-refractivity contribution in [1.82, 2.24) is 0 Å². The van der Waals surface area contributed by atoms with Crippen LogP contribution in [0.2, 0.25) is 0 Å². The van der Waals surface area contributed by atoms with Crippen LogP contribution in [0.1, 0.15) is 24.2 Å². The molecule has 4 nitrogen and oxygen atoms in total. The molecule has 0 aromatic heterocycles. The average Bonchev–Trinajstić information content (AvgIpc) is 2.57. The predicted octanol–water partition coefficient (Wildman–Crippen LogP) is 3.79. The summed E-state index contributed by atoms with van der Waals surface area (Å²) in [5, 5.41) is 2.88. The Kier molecular flexibility index (Phi) is 5.42. The van der Waals surface area contributed by atoms with E-state index < -0.39 is 0 Å². The summed E-state index contributed by atoms with van der Waals surface area (Å²) in [4.78, 5) is 14.5. The summed E-state index contributed by atoms with van der Waals surface area (Å²) in [7, 11) is 1.62. The van der Waals surface area contributed by atoms with Crippen LogP contribution in [0.3, 0.4) is 0 Å². The normalized spacial score (nSPS) is 10.1. The van der Waals surface area contributed by atoms with Crippen LogP contribution in [0.25, 0.3) is 0 Å². The number of ether oxygens (including phenoxy) is 1. The highest BCUT2D eigenvalue weighted by molar-refractivity contribution is 6.04. The highest BCUT2D eigenvalue weighted by atomic mass is 16.5. The second kappa shape index (κ2) is 7.50. The molecule has 116 valence electrons. The van der Waals surface area contributed by atoms with Gasteiger partial charge in [0.05, 0.1) is 7.11 Å². The zero-order valence-electron chi connectivity index (χ0n) is 13.3. The Bertz CT molecular complexity index is 602. The summed E-state index contributed by atoms with van der Waals surface area (Å²) in [6.45, 7) is 6.14. The van der Waals surface area contributed by atoms with E-state index in [9.17, 15) is 4.79 Å². The highest BCUT2D eigenvalue weighted by Crippen LogP contribution is 2.18. The number of methoxy groups -OCH3 is 1. The number of hydrogen-bond acceptors (Lipinski definition) is 3. The average molecular weight is 298 g/mol. The molecule has 0 fully saturated rings. The first-order valence-corrected chi connectivity index (χ1v) is 7.48. The molecular formula is C18H22N2O2. The van der Waals surface area contributed by atoms with E-state index in [1.807, 2.05) is 48.5 Å². The fourth-order valence-corrected chi connectivity index (χ4v) is 2.29. The summed E-state index contributed by atoms with van der Waals surface area (Å²) in [5.41, 5.74) is 2.52. The number of rotatable bonds is 6. The van der Waals surface area contributed by atoms with E-state index in [2.05, 4.69) is 24.1 Å². The maximum Gasteiger partial charge on any atom is 0.255 e. The molecule has 0 radical (unpaired) electrons. The predicted molar refractivity (Wildman–Crippen MR) is 91.0 cm³/mol. The van der Waals surface area contributed by atoms with Gasteiger partial charge in [0.1, 0.15) is 5.75 Å². The molecule has 2 rings (SSSR count). The van der Waals surface area contributed by atoms with Crippen molar-refractivity contribution in [3.63, 3.8) is 0 Å². The van der Waals surface area contributed by atoms with Gasteiger partial charge in [0, 0.05) is 30.0 Å². The number of nitrogens with zero attached hydrogens (tertiary/aromatic N) is 1. The number of amides is 1. The van der Waals surface area contributed by atoms with Crippen LogP contribution < -0.4 is 15.0 Å². The third kappa shape index (κ3) is 3.79. The van der Waals surface area contributed by atoms with Crippen molar-refractivity contribution in [3.8, 4) is 5.75 Å². The fraction of sp³-hybridized carbons (Fsp3) is 0.278. The summed E-state index contributed by atoms with van der Waals surface area (Å²) in [6, 6.07) is 14.9. The lowest BCUT2D eigenvalue weighted by atomic mass is 10.1. The molecule has 0 spiro atoms. The maximum atomic E-state index is 12.2.